The van der Waals surface area contributed by atoms with Crippen LogP contribution in [0.5, 0.6) is 0 Å². The van der Waals surface area contributed by atoms with Crippen LogP contribution >= 0.6 is 0 Å². The topological polar surface area (TPSA) is 60.6 Å². The van der Waals surface area contributed by atoms with Crippen molar-refractivity contribution in [2.45, 2.75) is 20.0 Å². The number of hydrogen-bond donors (Lipinski definition) is 1. The van der Waals surface area contributed by atoms with Gasteiger partial charge in [0.1, 0.15) is 0 Å². The number of benzene rings is 1. The number of nitrogens with zero attached hydrogens (tertiary/aromatic N) is 5. The Morgan fingerprint density at radius 2 is 2.15 bits per heavy atom. The number of rotatable bonds is 5. The average molecular weight is 268 g/mol. The van der Waals surface area contributed by atoms with E-state index in [2.05, 4.69) is 32.1 Å². The second-order valence-corrected chi connectivity index (χ2v) is 4.39. The van der Waals surface area contributed by atoms with Crippen LogP contribution < -0.4 is 5.32 Å². The lowest BCUT2D eigenvalue weighted by molar-refractivity contribution is 0.719. The van der Waals surface area contributed by atoms with Gasteiger partial charge in [-0.15, -0.1) is 5.10 Å². The third kappa shape index (κ3) is 2.40. The lowest BCUT2D eigenvalue weighted by atomic mass is 10.2. The van der Waals surface area contributed by atoms with Gasteiger partial charge in [0.15, 0.2) is 0 Å². The van der Waals surface area contributed by atoms with Gasteiger partial charge >= 0.3 is 0 Å². The molecule has 1 aromatic carbocycles. The summed E-state index contributed by atoms with van der Waals surface area (Å²) in [4.78, 5) is 4.17. The quantitative estimate of drug-likeness (QED) is 0.769. The van der Waals surface area contributed by atoms with Gasteiger partial charge in [-0.3, -0.25) is 0 Å². The molecule has 0 bridgehead atoms. The number of anilines is 1. The molecule has 102 valence electrons. The average Bonchev–Trinajstić information content (AvgIpc) is 3.16. The normalized spacial score (nSPS) is 10.7. The fraction of sp³-hybridized carbons (Fsp3) is 0.214. The number of aromatic nitrogens is 5. The van der Waals surface area contributed by atoms with Crippen LogP contribution in [0.2, 0.25) is 0 Å². The summed E-state index contributed by atoms with van der Waals surface area (Å²) in [5, 5.41) is 11.3. The first-order valence-corrected chi connectivity index (χ1v) is 6.57. The van der Waals surface area contributed by atoms with E-state index >= 15 is 0 Å². The molecule has 2 aromatic heterocycles. The highest BCUT2D eigenvalue weighted by atomic mass is 15.4. The number of imidazole rings is 1. The van der Waals surface area contributed by atoms with Crippen molar-refractivity contribution in [3.63, 3.8) is 0 Å². The fourth-order valence-electron chi connectivity index (χ4n) is 2.13. The molecule has 0 fully saturated rings. The Morgan fingerprint density at radius 1 is 1.25 bits per heavy atom. The maximum Gasteiger partial charge on any atom is 0.0948 e. The van der Waals surface area contributed by atoms with Crippen molar-refractivity contribution in [3.05, 3.63) is 54.9 Å². The van der Waals surface area contributed by atoms with Crippen molar-refractivity contribution in [1.29, 1.82) is 0 Å². The molecule has 0 aliphatic heterocycles. The molecule has 0 amide bonds. The Bertz CT molecular complexity index is 671. The first kappa shape index (κ1) is 12.4. The van der Waals surface area contributed by atoms with Gasteiger partial charge in [0.2, 0.25) is 0 Å². The van der Waals surface area contributed by atoms with Crippen LogP contribution in [0.4, 0.5) is 5.69 Å². The monoisotopic (exact) mass is 268 g/mol. The molecule has 0 aliphatic rings. The van der Waals surface area contributed by atoms with Crippen LogP contribution in [0.1, 0.15) is 12.6 Å². The van der Waals surface area contributed by atoms with Crippen LogP contribution in [-0.4, -0.2) is 24.5 Å². The predicted octanol–water partition coefficient (Wildman–Crippen LogP) is 2.10. The Morgan fingerprint density at radius 3 is 2.95 bits per heavy atom. The summed E-state index contributed by atoms with van der Waals surface area (Å²) in [7, 11) is 0. The predicted molar refractivity (Wildman–Crippen MR) is 76.6 cm³/mol. The van der Waals surface area contributed by atoms with E-state index < -0.39 is 0 Å². The van der Waals surface area contributed by atoms with E-state index in [4.69, 9.17) is 0 Å². The molecule has 6 nitrogen and oxygen atoms in total. The Kier molecular flexibility index (Phi) is 3.45. The molecule has 3 rings (SSSR count). The first-order valence-electron chi connectivity index (χ1n) is 6.57. The summed E-state index contributed by atoms with van der Waals surface area (Å²) in [5.41, 5.74) is 3.15. The van der Waals surface area contributed by atoms with E-state index in [1.165, 1.54) is 0 Å². The molecule has 0 saturated carbocycles. The van der Waals surface area contributed by atoms with Gasteiger partial charge in [0.25, 0.3) is 0 Å². The molecule has 0 spiro atoms. The summed E-state index contributed by atoms with van der Waals surface area (Å²) in [6.45, 7) is 3.75. The third-order valence-electron chi connectivity index (χ3n) is 3.17. The Balaban J connectivity index is 1.81. The SMILES string of the molecule is CCn1cncc1CNc1ccccc1-n1ccnn1. The second-order valence-electron chi connectivity index (χ2n) is 4.39. The second kappa shape index (κ2) is 5.56. The van der Waals surface area contributed by atoms with Gasteiger partial charge in [-0.1, -0.05) is 17.3 Å². The summed E-state index contributed by atoms with van der Waals surface area (Å²) in [6, 6.07) is 8.02. The largest absolute Gasteiger partial charge is 0.378 e. The highest BCUT2D eigenvalue weighted by Crippen LogP contribution is 2.19. The van der Waals surface area contributed by atoms with E-state index in [0.717, 1.165) is 30.2 Å². The molecule has 2 heterocycles. The Hall–Kier alpha value is -2.63. The standard InChI is InChI=1S/C14H16N6/c1-2-19-11-15-9-12(19)10-16-13-5-3-4-6-14(13)20-8-7-17-18-20/h3-9,11,16H,2,10H2,1H3. The van der Waals surface area contributed by atoms with Crippen molar-refractivity contribution in [2.24, 2.45) is 0 Å². The van der Waals surface area contributed by atoms with Crippen LogP contribution in [0.15, 0.2) is 49.2 Å². The van der Waals surface area contributed by atoms with Crippen molar-refractivity contribution in [2.75, 3.05) is 5.32 Å². The number of para-hydroxylation sites is 2. The van der Waals surface area contributed by atoms with E-state index in [9.17, 15) is 0 Å². The first-order chi connectivity index (χ1) is 9.88. The highest BCUT2D eigenvalue weighted by Gasteiger charge is 2.06. The smallest absolute Gasteiger partial charge is 0.0948 e. The third-order valence-corrected chi connectivity index (χ3v) is 3.17. The molecule has 20 heavy (non-hydrogen) atoms. The number of aryl methyl sites for hydroxylation is 1. The maximum atomic E-state index is 4.17. The zero-order valence-corrected chi connectivity index (χ0v) is 11.3. The molecule has 0 aliphatic carbocycles. The van der Waals surface area contributed by atoms with Crippen molar-refractivity contribution in [1.82, 2.24) is 24.5 Å². The molecule has 0 radical (unpaired) electrons. The van der Waals surface area contributed by atoms with Crippen molar-refractivity contribution in [3.8, 4) is 5.69 Å². The van der Waals surface area contributed by atoms with E-state index in [1.807, 2.05) is 43.0 Å². The molecule has 0 unspecified atom stereocenters. The lowest BCUT2D eigenvalue weighted by Gasteiger charge is -2.12. The van der Waals surface area contributed by atoms with Gasteiger partial charge in [0, 0.05) is 12.7 Å². The molecule has 6 heteroatoms. The Labute approximate surface area is 117 Å². The van der Waals surface area contributed by atoms with Crippen LogP contribution in [0.25, 0.3) is 5.69 Å². The summed E-state index contributed by atoms with van der Waals surface area (Å²) in [5.74, 6) is 0. The molecule has 0 saturated heterocycles. The van der Waals surface area contributed by atoms with Gasteiger partial charge in [-0.2, -0.15) is 0 Å². The van der Waals surface area contributed by atoms with E-state index in [-0.39, 0.29) is 0 Å². The minimum absolute atomic E-state index is 0.722. The van der Waals surface area contributed by atoms with Crippen LogP contribution in [-0.2, 0) is 13.1 Å². The zero-order chi connectivity index (χ0) is 13.8. The molecular weight excluding hydrogens is 252 g/mol. The van der Waals surface area contributed by atoms with Crippen molar-refractivity contribution >= 4 is 5.69 Å². The minimum Gasteiger partial charge on any atom is -0.378 e. The summed E-state index contributed by atoms with van der Waals surface area (Å²) < 4.78 is 3.87. The van der Waals surface area contributed by atoms with Gasteiger partial charge < -0.3 is 9.88 Å². The molecule has 1 N–H and O–H groups in total. The summed E-state index contributed by atoms with van der Waals surface area (Å²) >= 11 is 0. The van der Waals surface area contributed by atoms with Gasteiger partial charge in [-0.25, -0.2) is 9.67 Å². The van der Waals surface area contributed by atoms with Crippen LogP contribution in [0.3, 0.4) is 0 Å². The molecular formula is C14H16N6. The minimum atomic E-state index is 0.722. The fourth-order valence-corrected chi connectivity index (χ4v) is 2.13. The van der Waals surface area contributed by atoms with Crippen LogP contribution in [0, 0.1) is 0 Å². The highest BCUT2D eigenvalue weighted by molar-refractivity contribution is 5.60. The van der Waals surface area contributed by atoms with E-state index in [1.54, 1.807) is 10.9 Å². The number of hydrogen-bond acceptors (Lipinski definition) is 4. The number of nitrogens with one attached hydrogen (secondary N) is 1. The van der Waals surface area contributed by atoms with Gasteiger partial charge in [0.05, 0.1) is 42.3 Å². The molecule has 0 atom stereocenters. The lowest BCUT2D eigenvalue weighted by Crippen LogP contribution is -2.08. The van der Waals surface area contributed by atoms with Gasteiger partial charge in [-0.05, 0) is 19.1 Å². The maximum absolute atomic E-state index is 4.17. The van der Waals surface area contributed by atoms with E-state index in [0.29, 0.717) is 0 Å². The summed E-state index contributed by atoms with van der Waals surface area (Å²) in [6.07, 6.45) is 7.23. The molecule has 3 aromatic rings. The van der Waals surface area contributed by atoms with Crippen molar-refractivity contribution < 1.29 is 0 Å². The zero-order valence-electron chi connectivity index (χ0n) is 11.3.